The van der Waals surface area contributed by atoms with Crippen LogP contribution < -0.4 is 5.32 Å². The quantitative estimate of drug-likeness (QED) is 0.467. The van der Waals surface area contributed by atoms with Crippen LogP contribution in [0.3, 0.4) is 0 Å². The molecule has 0 aliphatic carbocycles. The molecule has 6 nitrogen and oxygen atoms in total. The van der Waals surface area contributed by atoms with Crippen molar-refractivity contribution in [2.75, 3.05) is 24.3 Å². The molecule has 0 radical (unpaired) electrons. The average Bonchev–Trinajstić information content (AvgIpc) is 2.84. The van der Waals surface area contributed by atoms with E-state index in [1.54, 1.807) is 24.3 Å². The van der Waals surface area contributed by atoms with Gasteiger partial charge in [-0.1, -0.05) is 60.7 Å². The number of Topliss-reactive ketones (excluding diaryl/α,β-unsaturated/α-hetero) is 1. The Morgan fingerprint density at radius 2 is 1.59 bits per heavy atom. The number of aryl methyl sites for hydroxylation is 1. The van der Waals surface area contributed by atoms with Crippen LogP contribution in [0.15, 0.2) is 83.8 Å². The van der Waals surface area contributed by atoms with Crippen molar-refractivity contribution in [2.24, 2.45) is 5.41 Å². The molecule has 3 aromatic carbocycles. The van der Waals surface area contributed by atoms with Gasteiger partial charge in [0.15, 0.2) is 5.78 Å². The van der Waals surface area contributed by atoms with Crippen LogP contribution in [0.5, 0.6) is 0 Å². The number of nitrogens with one attached hydrogen (secondary N) is 1. The lowest BCUT2D eigenvalue weighted by Gasteiger charge is -2.35. The highest BCUT2D eigenvalue weighted by molar-refractivity contribution is 7.99. The zero-order valence-corrected chi connectivity index (χ0v) is 19.6. The molecule has 0 saturated heterocycles. The Hall–Kier alpha value is -3.58. The second-order valence-electron chi connectivity index (χ2n) is 8.24. The number of carbonyl (C=O) groups excluding carboxylic acids is 3. The second-order valence-corrected chi connectivity index (χ2v) is 9.25. The molecule has 1 unspecified atom stereocenters. The van der Waals surface area contributed by atoms with Crippen molar-refractivity contribution in [1.82, 2.24) is 0 Å². The van der Waals surface area contributed by atoms with Crippen LogP contribution in [-0.2, 0) is 20.7 Å². The number of ether oxygens (including phenoxy) is 2. The van der Waals surface area contributed by atoms with Crippen LogP contribution in [0, 0.1) is 12.3 Å². The van der Waals surface area contributed by atoms with Crippen LogP contribution in [0.4, 0.5) is 10.5 Å². The number of fused-ring (bicyclic) bond motifs is 1. The molecule has 3 aromatic rings. The van der Waals surface area contributed by atoms with E-state index in [9.17, 15) is 14.4 Å². The maximum absolute atomic E-state index is 13.7. The molecule has 4 rings (SSSR count). The van der Waals surface area contributed by atoms with Crippen molar-refractivity contribution in [3.05, 3.63) is 95.6 Å². The zero-order chi connectivity index (χ0) is 24.0. The van der Waals surface area contributed by atoms with E-state index in [-0.39, 0.29) is 25.4 Å². The first kappa shape index (κ1) is 23.6. The molecule has 0 aromatic heterocycles. The predicted octanol–water partition coefficient (Wildman–Crippen LogP) is 5.30. The number of hydrogen-bond acceptors (Lipinski definition) is 6. The van der Waals surface area contributed by atoms with Gasteiger partial charge in [-0.15, -0.1) is 11.8 Å². The predicted molar refractivity (Wildman–Crippen MR) is 131 cm³/mol. The Bertz CT molecular complexity index is 1120. The summed E-state index contributed by atoms with van der Waals surface area (Å²) < 4.78 is 11.1. The normalized spacial score (nSPS) is 16.9. The van der Waals surface area contributed by atoms with Crippen molar-refractivity contribution in [1.29, 1.82) is 0 Å². The van der Waals surface area contributed by atoms with Crippen molar-refractivity contribution in [3.63, 3.8) is 0 Å². The van der Waals surface area contributed by atoms with E-state index in [0.717, 1.165) is 16.0 Å². The molecule has 174 valence electrons. The minimum absolute atomic E-state index is 0.100. The fourth-order valence-corrected chi connectivity index (χ4v) is 5.07. The van der Waals surface area contributed by atoms with Gasteiger partial charge in [-0.05, 0) is 36.2 Å². The molecule has 1 heterocycles. The average molecular weight is 476 g/mol. The number of esters is 1. The molecular weight excluding hydrogens is 450 g/mol. The molecule has 1 amide bonds. The summed E-state index contributed by atoms with van der Waals surface area (Å²) in [5, 5.41) is 2.65. The zero-order valence-electron chi connectivity index (χ0n) is 18.8. The van der Waals surface area contributed by atoms with Crippen LogP contribution in [-0.4, -0.2) is 36.8 Å². The first-order valence-electron chi connectivity index (χ1n) is 10.9. The lowest BCUT2D eigenvalue weighted by Crippen LogP contribution is -2.46. The van der Waals surface area contributed by atoms with E-state index in [1.807, 2.05) is 61.5 Å². The molecule has 0 bridgehead atoms. The SMILES string of the molecule is Cc1cccc2c1C(=O)C(COC(=O)Cc1ccccc1)(COC(=O)Nc1ccccc1)CS2. The van der Waals surface area contributed by atoms with Crippen molar-refractivity contribution in [2.45, 2.75) is 18.2 Å². The summed E-state index contributed by atoms with van der Waals surface area (Å²) in [7, 11) is 0. The lowest BCUT2D eigenvalue weighted by molar-refractivity contribution is -0.145. The minimum atomic E-state index is -1.18. The van der Waals surface area contributed by atoms with Gasteiger partial charge in [-0.25, -0.2) is 4.79 Å². The van der Waals surface area contributed by atoms with Crippen LogP contribution >= 0.6 is 11.8 Å². The van der Waals surface area contributed by atoms with Crippen LogP contribution in [0.25, 0.3) is 0 Å². The smallest absolute Gasteiger partial charge is 0.411 e. The molecular formula is C27H25NO5S. The van der Waals surface area contributed by atoms with Gasteiger partial charge in [-0.2, -0.15) is 0 Å². The van der Waals surface area contributed by atoms with Gasteiger partial charge >= 0.3 is 12.1 Å². The molecule has 7 heteroatoms. The molecule has 1 aliphatic rings. The van der Waals surface area contributed by atoms with E-state index in [0.29, 0.717) is 17.0 Å². The van der Waals surface area contributed by atoms with Gasteiger partial charge in [0.25, 0.3) is 0 Å². The second kappa shape index (κ2) is 10.6. The largest absolute Gasteiger partial charge is 0.464 e. The Kier molecular flexibility index (Phi) is 7.33. The Balaban J connectivity index is 1.50. The number of carbonyl (C=O) groups is 3. The van der Waals surface area contributed by atoms with E-state index in [4.69, 9.17) is 9.47 Å². The Morgan fingerprint density at radius 1 is 0.912 bits per heavy atom. The number of anilines is 1. The van der Waals surface area contributed by atoms with Crippen molar-refractivity contribution in [3.8, 4) is 0 Å². The summed E-state index contributed by atoms with van der Waals surface area (Å²) in [6, 6.07) is 23.9. The minimum Gasteiger partial charge on any atom is -0.464 e. The number of hydrogen-bond donors (Lipinski definition) is 1. The standard InChI is InChI=1S/C27H25NO5S/c1-19-9-8-14-22-24(19)25(30)27(18-34-22,16-32-23(29)15-20-10-4-2-5-11-20)17-33-26(31)28-21-12-6-3-7-13-21/h2-14H,15-18H2,1H3,(H,28,31). The summed E-state index contributed by atoms with van der Waals surface area (Å²) in [5.41, 5.74) is 1.66. The molecule has 0 fully saturated rings. The van der Waals surface area contributed by atoms with Gasteiger partial charge < -0.3 is 9.47 Å². The molecule has 1 aliphatic heterocycles. The highest BCUT2D eigenvalue weighted by Crippen LogP contribution is 2.42. The van der Waals surface area contributed by atoms with Gasteiger partial charge in [-0.3, -0.25) is 14.9 Å². The van der Waals surface area contributed by atoms with Gasteiger partial charge in [0.2, 0.25) is 0 Å². The fourth-order valence-electron chi connectivity index (χ4n) is 3.77. The number of para-hydroxylation sites is 1. The van der Waals surface area contributed by atoms with E-state index in [1.165, 1.54) is 11.8 Å². The Morgan fingerprint density at radius 3 is 2.32 bits per heavy atom. The third-order valence-electron chi connectivity index (χ3n) is 5.65. The van der Waals surface area contributed by atoms with Gasteiger partial charge in [0.05, 0.1) is 6.42 Å². The highest BCUT2D eigenvalue weighted by atomic mass is 32.2. The lowest BCUT2D eigenvalue weighted by atomic mass is 9.81. The molecule has 1 N–H and O–H groups in total. The van der Waals surface area contributed by atoms with E-state index in [2.05, 4.69) is 5.32 Å². The van der Waals surface area contributed by atoms with Crippen molar-refractivity contribution < 1.29 is 23.9 Å². The third-order valence-corrected chi connectivity index (χ3v) is 7.00. The molecule has 34 heavy (non-hydrogen) atoms. The number of thioether (sulfide) groups is 1. The summed E-state index contributed by atoms with van der Waals surface area (Å²) in [6.07, 6.45) is -0.571. The summed E-state index contributed by atoms with van der Waals surface area (Å²) in [4.78, 5) is 39.5. The first-order valence-corrected chi connectivity index (χ1v) is 11.9. The maximum Gasteiger partial charge on any atom is 0.411 e. The summed E-state index contributed by atoms with van der Waals surface area (Å²) in [6.45, 7) is 1.50. The van der Waals surface area contributed by atoms with Gasteiger partial charge in [0.1, 0.15) is 18.6 Å². The van der Waals surface area contributed by atoms with Crippen molar-refractivity contribution >= 4 is 35.3 Å². The summed E-state index contributed by atoms with van der Waals surface area (Å²) in [5.74, 6) is -0.286. The molecule has 0 saturated carbocycles. The summed E-state index contributed by atoms with van der Waals surface area (Å²) >= 11 is 1.50. The monoisotopic (exact) mass is 475 g/mol. The molecule has 0 spiro atoms. The third kappa shape index (κ3) is 5.48. The topological polar surface area (TPSA) is 81.7 Å². The number of benzene rings is 3. The first-order chi connectivity index (χ1) is 16.5. The number of amides is 1. The number of rotatable bonds is 7. The van der Waals surface area contributed by atoms with E-state index < -0.39 is 17.5 Å². The van der Waals surface area contributed by atoms with Gasteiger partial charge in [0, 0.05) is 21.9 Å². The molecule has 1 atom stereocenters. The Labute approximate surface area is 202 Å². The van der Waals surface area contributed by atoms with Crippen LogP contribution in [0.2, 0.25) is 0 Å². The maximum atomic E-state index is 13.7. The van der Waals surface area contributed by atoms with E-state index >= 15 is 0 Å². The fraction of sp³-hybridized carbons (Fsp3) is 0.222. The number of ketones is 1. The highest BCUT2D eigenvalue weighted by Gasteiger charge is 2.46. The van der Waals surface area contributed by atoms with Crippen LogP contribution in [0.1, 0.15) is 21.5 Å².